The van der Waals surface area contributed by atoms with Gasteiger partial charge in [0.2, 0.25) is 0 Å². The van der Waals surface area contributed by atoms with Crippen molar-refractivity contribution in [3.05, 3.63) is 16.3 Å². The first-order valence-corrected chi connectivity index (χ1v) is 5.25. The molecule has 3 heteroatoms. The predicted molar refractivity (Wildman–Crippen MR) is 57.9 cm³/mol. The van der Waals surface area contributed by atoms with E-state index in [1.54, 1.807) is 13.2 Å². The van der Waals surface area contributed by atoms with Crippen LogP contribution in [0.15, 0.2) is 11.4 Å². The quantitative estimate of drug-likeness (QED) is 0.422. The van der Waals surface area contributed by atoms with Crippen molar-refractivity contribution in [1.29, 1.82) is 0 Å². The van der Waals surface area contributed by atoms with Crippen LogP contribution in [0.5, 0.6) is 5.75 Å². The van der Waals surface area contributed by atoms with Crippen molar-refractivity contribution < 1.29 is 9.53 Å². The Morgan fingerprint density at radius 3 is 3.07 bits per heavy atom. The summed E-state index contributed by atoms with van der Waals surface area (Å²) in [5.41, 5.74) is 0. The summed E-state index contributed by atoms with van der Waals surface area (Å²) in [5, 5.41) is 1.83. The fraction of sp³-hybridized carbons (Fsp3) is 0.364. The SMILES string of the molecule is C#CCCCC(=O)c1cc(OC)cs1. The van der Waals surface area contributed by atoms with Gasteiger partial charge in [-0.3, -0.25) is 4.79 Å². The number of rotatable bonds is 5. The average Bonchev–Trinajstić information content (AvgIpc) is 2.66. The number of carbonyl (C=O) groups is 1. The number of ether oxygens (including phenoxy) is 1. The molecule has 0 aromatic carbocycles. The van der Waals surface area contributed by atoms with Gasteiger partial charge in [0, 0.05) is 24.3 Å². The summed E-state index contributed by atoms with van der Waals surface area (Å²) in [7, 11) is 1.59. The zero-order chi connectivity index (χ0) is 10.4. The summed E-state index contributed by atoms with van der Waals surface area (Å²) in [6, 6.07) is 1.77. The van der Waals surface area contributed by atoms with Crippen LogP contribution in [0.4, 0.5) is 0 Å². The number of Topliss-reactive ketones (excluding diaryl/α,β-unsaturated/α-hetero) is 1. The highest BCUT2D eigenvalue weighted by molar-refractivity contribution is 7.12. The van der Waals surface area contributed by atoms with E-state index in [-0.39, 0.29) is 5.78 Å². The minimum Gasteiger partial charge on any atom is -0.496 e. The monoisotopic (exact) mass is 208 g/mol. The zero-order valence-electron chi connectivity index (χ0n) is 8.08. The lowest BCUT2D eigenvalue weighted by molar-refractivity contribution is 0.0984. The summed E-state index contributed by atoms with van der Waals surface area (Å²) in [4.78, 5) is 12.3. The number of unbranched alkanes of at least 4 members (excludes halogenated alkanes) is 1. The van der Waals surface area contributed by atoms with Crippen LogP contribution >= 0.6 is 11.3 Å². The molecule has 1 aromatic rings. The third-order valence-electron chi connectivity index (χ3n) is 1.81. The Morgan fingerprint density at radius 2 is 2.50 bits per heavy atom. The van der Waals surface area contributed by atoms with Crippen molar-refractivity contribution in [3.8, 4) is 18.1 Å². The molecule has 0 aliphatic heterocycles. The van der Waals surface area contributed by atoms with Gasteiger partial charge in [0.25, 0.3) is 0 Å². The second-order valence-corrected chi connectivity index (χ2v) is 3.74. The number of carbonyl (C=O) groups excluding carboxylic acids is 1. The molecular weight excluding hydrogens is 196 g/mol. The third kappa shape index (κ3) is 2.90. The van der Waals surface area contributed by atoms with E-state index in [1.807, 2.05) is 5.38 Å². The summed E-state index contributed by atoms with van der Waals surface area (Å²) < 4.78 is 5.00. The first-order valence-electron chi connectivity index (χ1n) is 4.37. The lowest BCUT2D eigenvalue weighted by Crippen LogP contribution is -1.94. The largest absolute Gasteiger partial charge is 0.496 e. The Morgan fingerprint density at radius 1 is 1.71 bits per heavy atom. The van der Waals surface area contributed by atoms with Gasteiger partial charge in [-0.1, -0.05) is 0 Å². The van der Waals surface area contributed by atoms with Crippen LogP contribution in [0.3, 0.4) is 0 Å². The van der Waals surface area contributed by atoms with Gasteiger partial charge in [0.1, 0.15) is 5.75 Å². The third-order valence-corrected chi connectivity index (χ3v) is 2.76. The molecule has 14 heavy (non-hydrogen) atoms. The highest BCUT2D eigenvalue weighted by Gasteiger charge is 2.08. The summed E-state index contributed by atoms with van der Waals surface area (Å²) in [6.45, 7) is 0. The summed E-state index contributed by atoms with van der Waals surface area (Å²) in [6.07, 6.45) is 7.04. The molecule has 0 saturated carbocycles. The predicted octanol–water partition coefficient (Wildman–Crippen LogP) is 2.74. The highest BCUT2D eigenvalue weighted by Crippen LogP contribution is 2.22. The normalized spacial score (nSPS) is 9.43. The van der Waals surface area contributed by atoms with E-state index in [1.165, 1.54) is 11.3 Å². The lowest BCUT2D eigenvalue weighted by Gasteiger charge is -1.94. The van der Waals surface area contributed by atoms with E-state index in [0.29, 0.717) is 12.8 Å². The van der Waals surface area contributed by atoms with E-state index in [9.17, 15) is 4.79 Å². The fourth-order valence-corrected chi connectivity index (χ4v) is 1.87. The molecule has 0 bridgehead atoms. The molecular formula is C11H12O2S. The Kier molecular flexibility index (Phi) is 4.21. The number of terminal acetylenes is 1. The van der Waals surface area contributed by atoms with Crippen molar-refractivity contribution in [2.75, 3.05) is 7.11 Å². The lowest BCUT2D eigenvalue weighted by atomic mass is 10.1. The molecule has 0 saturated heterocycles. The molecule has 2 nitrogen and oxygen atoms in total. The van der Waals surface area contributed by atoms with Crippen molar-refractivity contribution in [1.82, 2.24) is 0 Å². The molecule has 0 fully saturated rings. The topological polar surface area (TPSA) is 26.3 Å². The van der Waals surface area contributed by atoms with Crippen LogP contribution in [0.1, 0.15) is 28.9 Å². The number of hydrogen-bond donors (Lipinski definition) is 0. The van der Waals surface area contributed by atoms with Crippen molar-refractivity contribution in [2.24, 2.45) is 0 Å². The maximum absolute atomic E-state index is 11.5. The molecule has 1 heterocycles. The molecule has 74 valence electrons. The molecule has 0 amide bonds. The van der Waals surface area contributed by atoms with E-state index in [2.05, 4.69) is 5.92 Å². The molecule has 0 N–H and O–H groups in total. The van der Waals surface area contributed by atoms with Gasteiger partial charge in [-0.25, -0.2) is 0 Å². The van der Waals surface area contributed by atoms with Gasteiger partial charge in [-0.15, -0.1) is 23.7 Å². The van der Waals surface area contributed by atoms with Gasteiger partial charge >= 0.3 is 0 Å². The molecule has 0 aliphatic carbocycles. The van der Waals surface area contributed by atoms with Crippen LogP contribution in [0, 0.1) is 12.3 Å². The van der Waals surface area contributed by atoms with Crippen LogP contribution in [0.25, 0.3) is 0 Å². The maximum Gasteiger partial charge on any atom is 0.172 e. The minimum atomic E-state index is 0.147. The molecule has 0 radical (unpaired) electrons. The Bertz CT molecular complexity index is 346. The van der Waals surface area contributed by atoms with Crippen LogP contribution in [-0.4, -0.2) is 12.9 Å². The Balaban J connectivity index is 2.48. The van der Waals surface area contributed by atoms with Gasteiger partial charge in [-0.2, -0.15) is 0 Å². The minimum absolute atomic E-state index is 0.147. The molecule has 0 atom stereocenters. The van der Waals surface area contributed by atoms with Gasteiger partial charge < -0.3 is 4.74 Å². The highest BCUT2D eigenvalue weighted by atomic mass is 32.1. The van der Waals surface area contributed by atoms with Crippen molar-refractivity contribution in [2.45, 2.75) is 19.3 Å². The average molecular weight is 208 g/mol. The molecule has 1 rings (SSSR count). The van der Waals surface area contributed by atoms with E-state index in [4.69, 9.17) is 11.2 Å². The van der Waals surface area contributed by atoms with Crippen LogP contribution < -0.4 is 4.74 Å². The second kappa shape index (κ2) is 5.46. The summed E-state index contributed by atoms with van der Waals surface area (Å²) >= 11 is 1.41. The molecule has 0 unspecified atom stereocenters. The summed E-state index contributed by atoms with van der Waals surface area (Å²) in [5.74, 6) is 3.41. The van der Waals surface area contributed by atoms with E-state index in [0.717, 1.165) is 17.0 Å². The number of methoxy groups -OCH3 is 1. The molecule has 1 aromatic heterocycles. The van der Waals surface area contributed by atoms with Gasteiger partial charge in [0.05, 0.1) is 12.0 Å². The Hall–Kier alpha value is -1.27. The van der Waals surface area contributed by atoms with E-state index < -0.39 is 0 Å². The maximum atomic E-state index is 11.5. The van der Waals surface area contributed by atoms with Crippen molar-refractivity contribution in [3.63, 3.8) is 0 Å². The molecule has 0 spiro atoms. The number of ketones is 1. The van der Waals surface area contributed by atoms with Crippen molar-refractivity contribution >= 4 is 17.1 Å². The van der Waals surface area contributed by atoms with Gasteiger partial charge in [0.15, 0.2) is 5.78 Å². The Labute approximate surface area is 87.9 Å². The smallest absolute Gasteiger partial charge is 0.172 e. The van der Waals surface area contributed by atoms with Gasteiger partial charge in [-0.05, 0) is 6.42 Å². The van der Waals surface area contributed by atoms with Crippen LogP contribution in [-0.2, 0) is 0 Å². The standard InChI is InChI=1S/C11H12O2S/c1-3-4-5-6-10(12)11-7-9(13-2)8-14-11/h1,7-8H,4-6H2,2H3. The fourth-order valence-electron chi connectivity index (χ4n) is 1.05. The second-order valence-electron chi connectivity index (χ2n) is 2.83. The first-order chi connectivity index (χ1) is 6.77. The first kappa shape index (κ1) is 10.8. The number of thiophene rings is 1. The van der Waals surface area contributed by atoms with Crippen LogP contribution in [0.2, 0.25) is 0 Å². The zero-order valence-corrected chi connectivity index (χ0v) is 8.89. The van der Waals surface area contributed by atoms with E-state index >= 15 is 0 Å². The molecule has 0 aliphatic rings. The number of hydrogen-bond acceptors (Lipinski definition) is 3.